The Morgan fingerprint density at radius 1 is 1.06 bits per heavy atom. The van der Waals surface area contributed by atoms with Crippen molar-refractivity contribution in [1.29, 1.82) is 0 Å². The van der Waals surface area contributed by atoms with Crippen LogP contribution in [0.4, 0.5) is 0 Å². The average molecular weight is 476 g/mol. The van der Waals surface area contributed by atoms with Gasteiger partial charge in [-0.15, -0.1) is 0 Å². The Kier molecular flexibility index (Phi) is 6.47. The number of ketones is 1. The third-order valence-corrected chi connectivity index (χ3v) is 8.79. The van der Waals surface area contributed by atoms with Crippen molar-refractivity contribution in [2.75, 3.05) is 27.2 Å². The molecule has 0 spiro atoms. The number of esters is 1. The Labute approximate surface area is 208 Å². The lowest BCUT2D eigenvalue weighted by atomic mass is 9.51. The summed E-state index contributed by atoms with van der Waals surface area (Å²) >= 11 is 0. The molecule has 3 unspecified atom stereocenters. The van der Waals surface area contributed by atoms with Gasteiger partial charge in [0, 0.05) is 25.3 Å². The minimum absolute atomic E-state index is 0.234. The van der Waals surface area contributed by atoms with E-state index in [0.29, 0.717) is 42.3 Å². The Hall–Kier alpha value is -2.66. The van der Waals surface area contributed by atoms with Crippen molar-refractivity contribution in [3.8, 4) is 11.5 Å². The highest BCUT2D eigenvalue weighted by molar-refractivity contribution is 5.87. The van der Waals surface area contributed by atoms with Crippen LogP contribution in [0.15, 0.2) is 42.5 Å². The number of hydrogen-bond acceptors (Lipinski definition) is 5. The molecule has 0 N–H and O–H groups in total. The van der Waals surface area contributed by atoms with Crippen LogP contribution in [-0.2, 0) is 16.0 Å². The monoisotopic (exact) mass is 475 g/mol. The fraction of sp³-hybridized carbons (Fsp3) is 0.533. The molecule has 3 aliphatic rings. The summed E-state index contributed by atoms with van der Waals surface area (Å²) < 4.78 is 11.3. The van der Waals surface area contributed by atoms with Crippen LogP contribution < -0.4 is 9.47 Å². The summed E-state index contributed by atoms with van der Waals surface area (Å²) in [4.78, 5) is 26.7. The number of aryl methyl sites for hydroxylation is 1. The second-order valence-corrected chi connectivity index (χ2v) is 11.2. The maximum atomic E-state index is 13.1. The molecule has 2 aromatic carbocycles. The van der Waals surface area contributed by atoms with Crippen molar-refractivity contribution in [3.05, 3.63) is 59.2 Å². The van der Waals surface area contributed by atoms with Crippen LogP contribution in [0.1, 0.15) is 68.1 Å². The number of rotatable bonds is 6. The molecule has 0 saturated heterocycles. The van der Waals surface area contributed by atoms with E-state index in [2.05, 4.69) is 48.2 Å². The highest BCUT2D eigenvalue weighted by atomic mass is 16.5. The molecule has 2 fully saturated rings. The van der Waals surface area contributed by atoms with Gasteiger partial charge in [-0.2, -0.15) is 0 Å². The Bertz CT molecular complexity index is 1110. The molecule has 0 amide bonds. The molecule has 2 saturated carbocycles. The SMILES string of the molecule is CC(=O)Oc1ccc2c(c1)CCC1C2[C@@H](c2ccc(OCCN(C)C)cc2)C[C@]2(C)C(=O)CCC12. The topological polar surface area (TPSA) is 55.8 Å². The van der Waals surface area contributed by atoms with Crippen LogP contribution in [0.5, 0.6) is 11.5 Å². The number of carbonyl (C=O) groups excluding carboxylic acids is 2. The molecule has 3 aliphatic carbocycles. The van der Waals surface area contributed by atoms with Gasteiger partial charge in [0.25, 0.3) is 0 Å². The Morgan fingerprint density at radius 2 is 1.80 bits per heavy atom. The molecule has 5 nitrogen and oxygen atoms in total. The molecule has 5 heteroatoms. The first kappa shape index (κ1) is 24.1. The molecule has 35 heavy (non-hydrogen) atoms. The summed E-state index contributed by atoms with van der Waals surface area (Å²) in [6.45, 7) is 5.21. The van der Waals surface area contributed by atoms with Crippen molar-refractivity contribution in [3.63, 3.8) is 0 Å². The lowest BCUT2D eigenvalue weighted by Gasteiger charge is -2.52. The molecular formula is C30H37NO4. The van der Waals surface area contributed by atoms with Gasteiger partial charge in [-0.3, -0.25) is 9.59 Å². The third kappa shape index (κ3) is 4.51. The first-order valence-corrected chi connectivity index (χ1v) is 13.0. The molecule has 0 heterocycles. The second kappa shape index (κ2) is 9.42. The number of hydrogen-bond donors (Lipinski definition) is 0. The largest absolute Gasteiger partial charge is 0.492 e. The lowest BCUT2D eigenvalue weighted by Crippen LogP contribution is -2.46. The predicted molar refractivity (Wildman–Crippen MR) is 136 cm³/mol. The van der Waals surface area contributed by atoms with Gasteiger partial charge in [0.05, 0.1) is 0 Å². The molecule has 0 bridgehead atoms. The molecule has 0 aliphatic heterocycles. The number of benzene rings is 2. The summed E-state index contributed by atoms with van der Waals surface area (Å²) in [5.74, 6) is 3.26. The molecular weight excluding hydrogens is 438 g/mol. The van der Waals surface area contributed by atoms with Gasteiger partial charge in [-0.25, -0.2) is 0 Å². The average Bonchev–Trinajstić information content (AvgIpc) is 3.12. The van der Waals surface area contributed by atoms with Gasteiger partial charge < -0.3 is 14.4 Å². The zero-order valence-electron chi connectivity index (χ0n) is 21.4. The van der Waals surface area contributed by atoms with Crippen LogP contribution in [0, 0.1) is 17.3 Å². The maximum absolute atomic E-state index is 13.1. The molecule has 5 atom stereocenters. The number of nitrogens with zero attached hydrogens (tertiary/aromatic N) is 1. The fourth-order valence-electron chi connectivity index (χ4n) is 7.17. The molecule has 2 aromatic rings. The van der Waals surface area contributed by atoms with Crippen LogP contribution in [-0.4, -0.2) is 43.9 Å². The third-order valence-electron chi connectivity index (χ3n) is 8.79. The van der Waals surface area contributed by atoms with Crippen molar-refractivity contribution in [2.24, 2.45) is 17.3 Å². The predicted octanol–water partition coefficient (Wildman–Crippen LogP) is 5.37. The first-order valence-electron chi connectivity index (χ1n) is 13.0. The van der Waals surface area contributed by atoms with Gasteiger partial charge in [0.1, 0.15) is 23.9 Å². The van der Waals surface area contributed by atoms with Crippen LogP contribution >= 0.6 is 0 Å². The Balaban J connectivity index is 1.49. The highest BCUT2D eigenvalue weighted by Gasteiger charge is 2.57. The van der Waals surface area contributed by atoms with E-state index in [4.69, 9.17) is 9.47 Å². The van der Waals surface area contributed by atoms with Gasteiger partial charge >= 0.3 is 5.97 Å². The van der Waals surface area contributed by atoms with Gasteiger partial charge in [0.15, 0.2) is 0 Å². The Morgan fingerprint density at radius 3 is 2.51 bits per heavy atom. The summed E-state index contributed by atoms with van der Waals surface area (Å²) in [5, 5.41) is 0. The number of likely N-dealkylation sites (N-methyl/N-ethyl adjacent to an activating group) is 1. The van der Waals surface area contributed by atoms with Crippen LogP contribution in [0.3, 0.4) is 0 Å². The minimum Gasteiger partial charge on any atom is -0.492 e. The fourth-order valence-corrected chi connectivity index (χ4v) is 7.17. The molecule has 186 valence electrons. The highest BCUT2D eigenvalue weighted by Crippen LogP contribution is 2.64. The second-order valence-electron chi connectivity index (χ2n) is 11.2. The van der Waals surface area contributed by atoms with Gasteiger partial charge in [-0.05, 0) is 104 Å². The summed E-state index contributed by atoms with van der Waals surface area (Å²) in [7, 11) is 4.09. The maximum Gasteiger partial charge on any atom is 0.308 e. The van der Waals surface area contributed by atoms with E-state index < -0.39 is 0 Å². The van der Waals surface area contributed by atoms with Gasteiger partial charge in [-0.1, -0.05) is 25.1 Å². The number of carbonyl (C=O) groups is 2. The first-order chi connectivity index (χ1) is 16.8. The molecule has 0 aromatic heterocycles. The van der Waals surface area contributed by atoms with Crippen molar-refractivity contribution < 1.29 is 19.1 Å². The van der Waals surface area contributed by atoms with E-state index >= 15 is 0 Å². The van der Waals surface area contributed by atoms with Crippen molar-refractivity contribution in [2.45, 2.75) is 57.8 Å². The number of fused-ring (bicyclic) bond motifs is 5. The normalized spacial score (nSPS) is 29.3. The summed E-state index contributed by atoms with van der Waals surface area (Å²) in [6.07, 6.45) is 4.68. The summed E-state index contributed by atoms with van der Waals surface area (Å²) in [6, 6.07) is 14.7. The minimum atomic E-state index is -0.290. The van der Waals surface area contributed by atoms with E-state index in [1.807, 2.05) is 20.2 Å². The zero-order chi connectivity index (χ0) is 24.7. The van der Waals surface area contributed by atoms with Crippen LogP contribution in [0.2, 0.25) is 0 Å². The number of ether oxygens (including phenoxy) is 2. The van der Waals surface area contributed by atoms with E-state index in [1.165, 1.54) is 23.6 Å². The number of Topliss-reactive ketones (excluding diaryl/α,β-unsaturated/α-hetero) is 1. The molecule has 5 rings (SSSR count). The quantitative estimate of drug-likeness (QED) is 0.415. The van der Waals surface area contributed by atoms with Gasteiger partial charge in [0.2, 0.25) is 0 Å². The molecule has 0 radical (unpaired) electrons. The standard InChI is InChI=1S/C30H37NO4/c1-19(32)35-23-10-12-24-21(17-23)7-11-25-27-13-14-28(33)30(27,2)18-26(29(24)25)20-5-8-22(9-6-20)34-16-15-31(3)4/h5-6,8-10,12,17,25-27,29H,7,11,13-16,18H2,1-4H3/t25?,26-,27?,29?,30+/m1/s1. The van der Waals surface area contributed by atoms with Crippen LogP contribution in [0.25, 0.3) is 0 Å². The smallest absolute Gasteiger partial charge is 0.308 e. The van der Waals surface area contributed by atoms with Crippen molar-refractivity contribution in [1.82, 2.24) is 4.90 Å². The van der Waals surface area contributed by atoms with E-state index in [1.54, 1.807) is 0 Å². The van der Waals surface area contributed by atoms with E-state index in [-0.39, 0.29) is 17.3 Å². The van der Waals surface area contributed by atoms with E-state index in [0.717, 1.165) is 38.0 Å². The lowest BCUT2D eigenvalue weighted by molar-refractivity contribution is -0.132. The summed E-state index contributed by atoms with van der Waals surface area (Å²) in [5.41, 5.74) is 3.71. The van der Waals surface area contributed by atoms with E-state index in [9.17, 15) is 9.59 Å². The zero-order valence-corrected chi connectivity index (χ0v) is 21.4. The van der Waals surface area contributed by atoms with Crippen molar-refractivity contribution >= 4 is 11.8 Å².